The first kappa shape index (κ1) is 29.2. The summed E-state index contributed by atoms with van der Waals surface area (Å²) in [6, 6.07) is 12.0. The summed E-state index contributed by atoms with van der Waals surface area (Å²) in [7, 11) is 1.62. The summed E-state index contributed by atoms with van der Waals surface area (Å²) in [5, 5.41) is 24.6. The van der Waals surface area contributed by atoms with E-state index in [4.69, 9.17) is 0 Å². The molecule has 0 radical (unpaired) electrons. The Kier molecular flexibility index (Phi) is 8.27. The molecule has 0 bridgehead atoms. The highest BCUT2D eigenvalue weighted by atomic mass is 16.3. The molecule has 1 heterocycles. The van der Waals surface area contributed by atoms with E-state index in [-0.39, 0.29) is 29.5 Å². The molecule has 0 aliphatic carbocycles. The Morgan fingerprint density at radius 2 is 1.45 bits per heavy atom. The molecule has 204 valence electrons. The first-order chi connectivity index (χ1) is 17.7. The SMILES string of the molecule is CCC(CC)(c1ccc(C(=O)CC(C)(O)C(C)(C)C)c(C)c1)c1ccc(C(=O)N(C)c2nn[nH]n2)c(C)c1. The van der Waals surface area contributed by atoms with Crippen LogP contribution in [0.15, 0.2) is 36.4 Å². The smallest absolute Gasteiger partial charge is 0.272 e. The zero-order chi connectivity index (χ0) is 28.5. The summed E-state index contributed by atoms with van der Waals surface area (Å²) in [6.45, 7) is 15.8. The molecule has 3 rings (SSSR count). The average Bonchev–Trinajstić information content (AvgIpc) is 3.38. The zero-order valence-corrected chi connectivity index (χ0v) is 24.1. The third kappa shape index (κ3) is 5.41. The number of Topliss-reactive ketones (excluding diaryl/α,β-unsaturated/α-hetero) is 1. The molecule has 1 atom stereocenters. The van der Waals surface area contributed by atoms with Crippen LogP contribution in [0.4, 0.5) is 5.95 Å². The van der Waals surface area contributed by atoms with Crippen LogP contribution in [0.3, 0.4) is 0 Å². The van der Waals surface area contributed by atoms with Gasteiger partial charge in [-0.15, -0.1) is 5.10 Å². The van der Waals surface area contributed by atoms with Gasteiger partial charge in [0.1, 0.15) is 0 Å². The van der Waals surface area contributed by atoms with Crippen LogP contribution in [0.1, 0.15) is 104 Å². The summed E-state index contributed by atoms with van der Waals surface area (Å²) in [6.07, 6.45) is 1.77. The maximum Gasteiger partial charge on any atom is 0.272 e. The van der Waals surface area contributed by atoms with E-state index in [0.29, 0.717) is 11.1 Å². The van der Waals surface area contributed by atoms with Gasteiger partial charge >= 0.3 is 0 Å². The van der Waals surface area contributed by atoms with E-state index in [0.717, 1.165) is 35.1 Å². The van der Waals surface area contributed by atoms with Gasteiger partial charge in [-0.2, -0.15) is 5.21 Å². The Hall–Kier alpha value is -3.39. The second-order valence-electron chi connectivity index (χ2n) is 11.5. The number of nitrogens with one attached hydrogen (secondary N) is 1. The molecule has 1 amide bonds. The lowest BCUT2D eigenvalue weighted by Crippen LogP contribution is -2.41. The molecule has 38 heavy (non-hydrogen) atoms. The molecular formula is C30H41N5O3. The quantitative estimate of drug-likeness (QED) is 0.358. The van der Waals surface area contributed by atoms with Crippen LogP contribution in [0.5, 0.6) is 0 Å². The fraction of sp³-hybridized carbons (Fsp3) is 0.500. The van der Waals surface area contributed by atoms with Crippen molar-refractivity contribution in [1.29, 1.82) is 0 Å². The van der Waals surface area contributed by atoms with Crippen molar-refractivity contribution in [2.75, 3.05) is 11.9 Å². The first-order valence-corrected chi connectivity index (χ1v) is 13.2. The number of amides is 1. The van der Waals surface area contributed by atoms with E-state index in [2.05, 4.69) is 46.6 Å². The molecule has 3 aromatic rings. The Labute approximate surface area is 225 Å². The van der Waals surface area contributed by atoms with Crippen LogP contribution >= 0.6 is 0 Å². The van der Waals surface area contributed by atoms with Crippen LogP contribution in [0.25, 0.3) is 0 Å². The van der Waals surface area contributed by atoms with Crippen LogP contribution in [-0.4, -0.2) is 50.1 Å². The number of aryl methyl sites for hydroxylation is 2. The lowest BCUT2D eigenvalue weighted by atomic mass is 9.69. The Balaban J connectivity index is 1.96. The van der Waals surface area contributed by atoms with Crippen molar-refractivity contribution in [3.63, 3.8) is 0 Å². The van der Waals surface area contributed by atoms with Gasteiger partial charge in [-0.05, 0) is 72.6 Å². The van der Waals surface area contributed by atoms with Crippen LogP contribution < -0.4 is 4.90 Å². The molecule has 2 aromatic carbocycles. The fourth-order valence-corrected chi connectivity index (χ4v) is 4.95. The fourth-order valence-electron chi connectivity index (χ4n) is 4.95. The van der Waals surface area contributed by atoms with Gasteiger partial charge in [0.25, 0.3) is 11.9 Å². The van der Waals surface area contributed by atoms with Crippen LogP contribution in [0, 0.1) is 19.3 Å². The molecule has 0 saturated carbocycles. The normalized spacial score (nSPS) is 13.7. The molecule has 1 unspecified atom stereocenters. The Morgan fingerprint density at radius 3 is 1.87 bits per heavy atom. The lowest BCUT2D eigenvalue weighted by molar-refractivity contribution is -0.0414. The molecule has 0 aliphatic rings. The summed E-state index contributed by atoms with van der Waals surface area (Å²) in [5.74, 6) is -0.0556. The number of anilines is 1. The highest BCUT2D eigenvalue weighted by molar-refractivity contribution is 6.05. The van der Waals surface area contributed by atoms with Crippen molar-refractivity contribution < 1.29 is 14.7 Å². The van der Waals surface area contributed by atoms with Crippen LogP contribution in [0.2, 0.25) is 0 Å². The Bertz CT molecular complexity index is 1300. The number of hydrogen-bond donors (Lipinski definition) is 2. The Morgan fingerprint density at radius 1 is 0.921 bits per heavy atom. The van der Waals surface area contributed by atoms with E-state index < -0.39 is 11.0 Å². The van der Waals surface area contributed by atoms with Crippen molar-refractivity contribution >= 4 is 17.6 Å². The third-order valence-corrected chi connectivity index (χ3v) is 8.36. The van der Waals surface area contributed by atoms with E-state index in [9.17, 15) is 14.7 Å². The molecule has 0 saturated heterocycles. The van der Waals surface area contributed by atoms with Gasteiger partial charge in [0, 0.05) is 30.0 Å². The maximum atomic E-state index is 13.2. The molecule has 0 spiro atoms. The number of H-pyrrole nitrogens is 1. The number of aliphatic hydroxyl groups is 1. The number of carbonyl (C=O) groups excluding carboxylic acids is 2. The van der Waals surface area contributed by atoms with Crippen molar-refractivity contribution in [2.45, 2.75) is 85.7 Å². The minimum atomic E-state index is -1.11. The number of hydrogen-bond acceptors (Lipinski definition) is 6. The lowest BCUT2D eigenvalue weighted by Gasteiger charge is -2.37. The van der Waals surface area contributed by atoms with Gasteiger partial charge in [0.05, 0.1) is 5.60 Å². The van der Waals surface area contributed by atoms with Gasteiger partial charge in [-0.25, -0.2) is 0 Å². The third-order valence-electron chi connectivity index (χ3n) is 8.36. The molecule has 8 heteroatoms. The number of carbonyl (C=O) groups is 2. The second-order valence-corrected chi connectivity index (χ2v) is 11.5. The largest absolute Gasteiger partial charge is 0.389 e. The minimum absolute atomic E-state index is 0.0583. The zero-order valence-electron chi connectivity index (χ0n) is 24.1. The van der Waals surface area contributed by atoms with E-state index in [1.54, 1.807) is 14.0 Å². The summed E-state index contributed by atoms with van der Waals surface area (Å²) in [5.41, 5.74) is 3.41. The van der Waals surface area contributed by atoms with Crippen molar-refractivity contribution in [2.24, 2.45) is 5.41 Å². The average molecular weight is 520 g/mol. The maximum absolute atomic E-state index is 13.2. The van der Waals surface area contributed by atoms with Gasteiger partial charge in [-0.3, -0.25) is 14.5 Å². The summed E-state index contributed by atoms with van der Waals surface area (Å²) < 4.78 is 0. The number of aromatic nitrogens is 4. The monoisotopic (exact) mass is 519 g/mol. The molecular weight excluding hydrogens is 478 g/mol. The summed E-state index contributed by atoms with van der Waals surface area (Å²) in [4.78, 5) is 27.6. The first-order valence-electron chi connectivity index (χ1n) is 13.2. The highest BCUT2D eigenvalue weighted by Gasteiger charge is 2.38. The van der Waals surface area contributed by atoms with E-state index in [1.807, 2.05) is 58.9 Å². The molecule has 2 N–H and O–H groups in total. The minimum Gasteiger partial charge on any atom is -0.389 e. The molecule has 8 nitrogen and oxygen atoms in total. The number of ketones is 1. The predicted octanol–water partition coefficient (Wildman–Crippen LogP) is 5.57. The van der Waals surface area contributed by atoms with Gasteiger partial charge in [0.15, 0.2) is 5.78 Å². The van der Waals surface area contributed by atoms with E-state index >= 15 is 0 Å². The molecule has 0 fully saturated rings. The number of aromatic amines is 1. The number of tetrazole rings is 1. The second kappa shape index (κ2) is 10.8. The standard InChI is InChI=1S/C30H41N5O3/c1-10-30(11-2,21-12-14-23(19(3)16-21)25(36)18-29(8,38)28(5,6)7)22-13-15-24(20(4)17-22)26(37)35(9)27-31-33-34-32-27/h12-17,38H,10-11,18H2,1-9H3,(H,31,32,33,34). The van der Waals surface area contributed by atoms with E-state index in [1.165, 1.54) is 4.90 Å². The van der Waals surface area contributed by atoms with Crippen molar-refractivity contribution in [3.8, 4) is 0 Å². The number of nitrogens with zero attached hydrogens (tertiary/aromatic N) is 4. The van der Waals surface area contributed by atoms with Crippen molar-refractivity contribution in [3.05, 3.63) is 69.8 Å². The van der Waals surface area contributed by atoms with Gasteiger partial charge in [0.2, 0.25) is 0 Å². The van der Waals surface area contributed by atoms with Crippen LogP contribution in [-0.2, 0) is 5.41 Å². The molecule has 1 aromatic heterocycles. The predicted molar refractivity (Wildman–Crippen MR) is 150 cm³/mol. The number of rotatable bonds is 9. The topological polar surface area (TPSA) is 112 Å². The van der Waals surface area contributed by atoms with Gasteiger partial charge < -0.3 is 5.11 Å². The van der Waals surface area contributed by atoms with Gasteiger partial charge in [-0.1, -0.05) is 70.0 Å². The highest BCUT2D eigenvalue weighted by Crippen LogP contribution is 2.41. The number of benzene rings is 2. The summed E-state index contributed by atoms with van der Waals surface area (Å²) >= 11 is 0. The molecule has 0 aliphatic heterocycles. The van der Waals surface area contributed by atoms with Crippen molar-refractivity contribution in [1.82, 2.24) is 20.6 Å².